The molecule has 1 aliphatic rings. The Morgan fingerprint density at radius 1 is 1.06 bits per heavy atom. The van der Waals surface area contributed by atoms with Crippen LogP contribution in [-0.2, 0) is 21.4 Å². The first-order valence-electron chi connectivity index (χ1n) is 10.4. The largest absolute Gasteiger partial charge is 0.308 e. The van der Waals surface area contributed by atoms with E-state index in [0.717, 1.165) is 11.1 Å². The summed E-state index contributed by atoms with van der Waals surface area (Å²) in [5.74, 6) is 0.311. The van der Waals surface area contributed by atoms with Crippen molar-refractivity contribution in [1.82, 2.24) is 24.0 Å². The minimum absolute atomic E-state index is 0.175. The summed E-state index contributed by atoms with van der Waals surface area (Å²) in [7, 11) is -3.51. The summed E-state index contributed by atoms with van der Waals surface area (Å²) in [6, 6.07) is 12.5. The van der Waals surface area contributed by atoms with E-state index in [1.807, 2.05) is 24.0 Å². The number of amides is 1. The number of anilines is 1. The van der Waals surface area contributed by atoms with Gasteiger partial charge in [0.1, 0.15) is 0 Å². The Bertz CT molecular complexity index is 1150. The molecular weight excluding hydrogens is 428 g/mol. The monoisotopic (exact) mass is 454 g/mol. The van der Waals surface area contributed by atoms with Crippen LogP contribution in [0.2, 0.25) is 0 Å². The van der Waals surface area contributed by atoms with Gasteiger partial charge in [-0.3, -0.25) is 19.4 Å². The van der Waals surface area contributed by atoms with Gasteiger partial charge in [-0.25, -0.2) is 8.42 Å². The van der Waals surface area contributed by atoms with Crippen molar-refractivity contribution in [3.63, 3.8) is 0 Å². The number of sulfonamides is 1. The smallest absolute Gasteiger partial charge is 0.243 e. The number of carbonyl (C=O) groups excluding carboxylic acids is 1. The molecule has 3 aromatic rings. The van der Waals surface area contributed by atoms with Gasteiger partial charge in [0.25, 0.3) is 0 Å². The van der Waals surface area contributed by atoms with Crippen LogP contribution in [0.1, 0.15) is 11.1 Å². The van der Waals surface area contributed by atoms with E-state index in [-0.39, 0.29) is 12.5 Å². The van der Waals surface area contributed by atoms with Crippen LogP contribution in [0.3, 0.4) is 0 Å². The third-order valence-corrected chi connectivity index (χ3v) is 7.25. The topological polar surface area (TPSA) is 100 Å². The molecule has 1 saturated heterocycles. The highest BCUT2D eigenvalue weighted by Gasteiger charge is 2.29. The Hall–Kier alpha value is -3.08. The van der Waals surface area contributed by atoms with Gasteiger partial charge >= 0.3 is 0 Å². The highest BCUT2D eigenvalue weighted by molar-refractivity contribution is 7.89. The van der Waals surface area contributed by atoms with Crippen molar-refractivity contribution in [2.45, 2.75) is 18.4 Å². The number of hydrogen-bond acceptors (Lipinski definition) is 6. The molecule has 168 valence electrons. The zero-order chi connectivity index (χ0) is 22.6. The molecule has 4 rings (SSSR count). The molecule has 1 fully saturated rings. The lowest BCUT2D eigenvalue weighted by Crippen LogP contribution is -2.50. The number of nitrogens with zero attached hydrogens (tertiary/aromatic N) is 5. The van der Waals surface area contributed by atoms with Crippen LogP contribution in [-0.4, -0.2) is 71.0 Å². The van der Waals surface area contributed by atoms with Gasteiger partial charge in [-0.15, -0.1) is 0 Å². The quantitative estimate of drug-likeness (QED) is 0.582. The van der Waals surface area contributed by atoms with E-state index in [4.69, 9.17) is 0 Å². The molecule has 1 amide bonds. The van der Waals surface area contributed by atoms with Crippen LogP contribution < -0.4 is 5.32 Å². The molecule has 3 heterocycles. The summed E-state index contributed by atoms with van der Waals surface area (Å²) in [6.45, 7) is 4.37. The number of aromatic nitrogens is 3. The minimum Gasteiger partial charge on any atom is -0.308 e. The number of carbonyl (C=O) groups is 1. The van der Waals surface area contributed by atoms with Gasteiger partial charge in [0, 0.05) is 50.8 Å². The normalized spacial score (nSPS) is 15.5. The molecule has 1 N–H and O–H groups in total. The van der Waals surface area contributed by atoms with Gasteiger partial charge in [0.05, 0.1) is 18.0 Å². The van der Waals surface area contributed by atoms with Crippen molar-refractivity contribution in [3.8, 4) is 0 Å². The second-order valence-corrected chi connectivity index (χ2v) is 9.74. The van der Waals surface area contributed by atoms with Crippen LogP contribution in [0, 0.1) is 6.92 Å². The first-order valence-corrected chi connectivity index (χ1v) is 11.9. The van der Waals surface area contributed by atoms with Crippen molar-refractivity contribution < 1.29 is 13.2 Å². The molecule has 0 bridgehead atoms. The van der Waals surface area contributed by atoms with E-state index in [9.17, 15) is 13.2 Å². The van der Waals surface area contributed by atoms with Crippen molar-refractivity contribution in [2.24, 2.45) is 0 Å². The molecule has 10 heteroatoms. The second-order valence-electron chi connectivity index (χ2n) is 7.80. The predicted octanol–water partition coefficient (Wildman–Crippen LogP) is 1.58. The molecule has 1 aromatic carbocycles. The second kappa shape index (κ2) is 9.60. The molecule has 0 atom stereocenters. The highest BCUT2D eigenvalue weighted by Crippen LogP contribution is 2.18. The lowest BCUT2D eigenvalue weighted by molar-refractivity contribution is -0.117. The van der Waals surface area contributed by atoms with Gasteiger partial charge < -0.3 is 5.32 Å². The third-order valence-electron chi connectivity index (χ3n) is 5.33. The van der Waals surface area contributed by atoms with E-state index >= 15 is 0 Å². The van der Waals surface area contributed by atoms with E-state index < -0.39 is 10.0 Å². The summed E-state index contributed by atoms with van der Waals surface area (Å²) in [5, 5.41) is 7.18. The zero-order valence-corrected chi connectivity index (χ0v) is 18.7. The number of nitrogens with one attached hydrogen (secondary N) is 1. The summed E-state index contributed by atoms with van der Waals surface area (Å²) in [5.41, 5.74) is 2.04. The lowest BCUT2D eigenvalue weighted by Gasteiger charge is -2.33. The fraction of sp³-hybridized carbons (Fsp3) is 0.318. The van der Waals surface area contributed by atoms with E-state index in [2.05, 4.69) is 15.4 Å². The fourth-order valence-corrected chi connectivity index (χ4v) is 4.99. The molecule has 9 nitrogen and oxygen atoms in total. The van der Waals surface area contributed by atoms with Gasteiger partial charge in [-0.2, -0.15) is 9.40 Å². The Morgan fingerprint density at radius 2 is 1.81 bits per heavy atom. The van der Waals surface area contributed by atoms with E-state index in [0.29, 0.717) is 43.4 Å². The molecular formula is C22H26N6O3S. The summed E-state index contributed by atoms with van der Waals surface area (Å²) in [6.07, 6.45) is 5.30. The number of pyridine rings is 1. The van der Waals surface area contributed by atoms with Crippen molar-refractivity contribution in [3.05, 3.63) is 72.2 Å². The molecule has 32 heavy (non-hydrogen) atoms. The predicted molar refractivity (Wildman–Crippen MR) is 121 cm³/mol. The maximum absolute atomic E-state index is 12.8. The van der Waals surface area contributed by atoms with Crippen molar-refractivity contribution >= 4 is 21.7 Å². The molecule has 0 unspecified atom stereocenters. The summed E-state index contributed by atoms with van der Waals surface area (Å²) < 4.78 is 28.8. The molecule has 0 aliphatic carbocycles. The van der Waals surface area contributed by atoms with Crippen LogP contribution in [0.15, 0.2) is 66.0 Å². The molecule has 0 spiro atoms. The van der Waals surface area contributed by atoms with E-state index in [1.165, 1.54) is 4.31 Å². The highest BCUT2D eigenvalue weighted by atomic mass is 32.2. The Morgan fingerprint density at radius 3 is 2.50 bits per heavy atom. The first-order chi connectivity index (χ1) is 15.4. The Balaban J connectivity index is 1.26. The van der Waals surface area contributed by atoms with Gasteiger partial charge in [0.15, 0.2) is 5.82 Å². The maximum atomic E-state index is 12.8. The number of piperazine rings is 1. The summed E-state index contributed by atoms with van der Waals surface area (Å²) in [4.78, 5) is 18.8. The molecule has 1 aliphatic heterocycles. The first kappa shape index (κ1) is 22.1. The standard InChI is InChI=1S/C22H26N6O3S/c1-18-4-6-20(7-5-18)32(30,31)28-13-11-26(12-14-28)17-22(29)24-21-8-10-27(25-21)16-19-3-2-9-23-15-19/h2-10,15H,11-14,16-17H2,1H3,(H,24,25,29). The van der Waals surface area contributed by atoms with Gasteiger partial charge in [-0.05, 0) is 30.7 Å². The van der Waals surface area contributed by atoms with Crippen molar-refractivity contribution in [2.75, 3.05) is 38.0 Å². The SMILES string of the molecule is Cc1ccc(S(=O)(=O)N2CCN(CC(=O)Nc3ccn(Cc4cccnc4)n3)CC2)cc1. The fourth-order valence-electron chi connectivity index (χ4n) is 3.57. The number of benzene rings is 1. The minimum atomic E-state index is -3.51. The molecule has 0 radical (unpaired) electrons. The van der Waals surface area contributed by atoms with Crippen LogP contribution >= 0.6 is 0 Å². The van der Waals surface area contributed by atoms with Crippen LogP contribution in [0.4, 0.5) is 5.82 Å². The summed E-state index contributed by atoms with van der Waals surface area (Å²) >= 11 is 0. The van der Waals surface area contributed by atoms with Gasteiger partial charge in [-0.1, -0.05) is 23.8 Å². The van der Waals surface area contributed by atoms with Crippen LogP contribution in [0.5, 0.6) is 0 Å². The zero-order valence-electron chi connectivity index (χ0n) is 17.9. The molecule has 2 aromatic heterocycles. The average Bonchev–Trinajstić information content (AvgIpc) is 3.21. The van der Waals surface area contributed by atoms with Crippen molar-refractivity contribution in [1.29, 1.82) is 0 Å². The lowest BCUT2D eigenvalue weighted by atomic mass is 10.2. The molecule has 0 saturated carbocycles. The van der Waals surface area contributed by atoms with E-state index in [1.54, 1.807) is 53.6 Å². The number of aryl methyl sites for hydroxylation is 1. The maximum Gasteiger partial charge on any atom is 0.243 e. The average molecular weight is 455 g/mol. The van der Waals surface area contributed by atoms with Crippen LogP contribution in [0.25, 0.3) is 0 Å². The number of hydrogen-bond donors (Lipinski definition) is 1. The van der Waals surface area contributed by atoms with Gasteiger partial charge in [0.2, 0.25) is 15.9 Å². The Kier molecular flexibility index (Phi) is 6.63. The third kappa shape index (κ3) is 5.39. The Labute approximate surface area is 187 Å². The number of rotatable bonds is 7.